The molecule has 0 unspecified atom stereocenters. The van der Waals surface area contributed by atoms with Crippen molar-refractivity contribution in [3.8, 4) is 0 Å². The normalized spacial score (nSPS) is 9.88. The summed E-state index contributed by atoms with van der Waals surface area (Å²) in [6.07, 6.45) is 0. The predicted molar refractivity (Wildman–Crippen MR) is 83.7 cm³/mol. The van der Waals surface area contributed by atoms with Crippen LogP contribution in [0.5, 0.6) is 0 Å². The fraction of sp³-hybridized carbons (Fsp3) is 0.667. The van der Waals surface area contributed by atoms with Crippen molar-refractivity contribution in [1.82, 2.24) is 9.44 Å². The Kier molecular flexibility index (Phi) is 13.3. The minimum atomic E-state index is -0.103. The fourth-order valence-corrected chi connectivity index (χ4v) is 5.98. The van der Waals surface area contributed by atoms with Crippen molar-refractivity contribution in [2.24, 2.45) is 0 Å². The summed E-state index contributed by atoms with van der Waals surface area (Å²) in [4.78, 5) is 22.2. The maximum absolute atomic E-state index is 11.1. The van der Waals surface area contributed by atoms with Crippen molar-refractivity contribution in [1.29, 1.82) is 0 Å². The number of rotatable bonds is 7. The Morgan fingerprint density at radius 3 is 1.56 bits per heavy atom. The molecule has 16 heavy (non-hydrogen) atoms. The van der Waals surface area contributed by atoms with Gasteiger partial charge in [-0.25, -0.2) is 0 Å². The van der Waals surface area contributed by atoms with Gasteiger partial charge >= 0.3 is 0 Å². The lowest BCUT2D eigenvalue weighted by atomic mass is 11.0. The van der Waals surface area contributed by atoms with Crippen LogP contribution in [0, 0.1) is 0 Å². The Bertz CT molecular complexity index is 195. The van der Waals surface area contributed by atoms with Crippen molar-refractivity contribution in [2.45, 2.75) is 13.8 Å². The third-order valence-electron chi connectivity index (χ3n) is 0.847. The molecule has 10 heteroatoms. The Morgan fingerprint density at radius 1 is 0.875 bits per heavy atom. The third-order valence-corrected chi connectivity index (χ3v) is 7.75. The summed E-state index contributed by atoms with van der Waals surface area (Å²) in [5.41, 5.74) is 0. The Labute approximate surface area is 119 Å². The van der Waals surface area contributed by atoms with E-state index in [2.05, 4.69) is 9.44 Å². The summed E-state index contributed by atoms with van der Waals surface area (Å²) in [6.45, 7) is 3.92. The molecular weight excluding hydrogens is 324 g/mol. The monoisotopic (exact) mass is 336 g/mol. The van der Waals surface area contributed by atoms with Gasteiger partial charge in [-0.05, 0) is 19.7 Å². The molecule has 0 aromatic carbocycles. The van der Waals surface area contributed by atoms with E-state index in [-0.39, 0.29) is 10.5 Å². The van der Waals surface area contributed by atoms with E-state index in [0.29, 0.717) is 0 Å². The zero-order valence-corrected chi connectivity index (χ0v) is 13.6. The molecule has 0 fully saturated rings. The van der Waals surface area contributed by atoms with Gasteiger partial charge in [0.25, 0.3) is 10.5 Å². The molecule has 0 rings (SSSR count). The van der Waals surface area contributed by atoms with E-state index in [4.69, 9.17) is 0 Å². The number of carbonyl (C=O) groups is 2. The lowest BCUT2D eigenvalue weighted by molar-refractivity contribution is 0.264. The second-order valence-electron chi connectivity index (χ2n) is 1.95. The second-order valence-corrected chi connectivity index (χ2v) is 9.70. The highest BCUT2D eigenvalue weighted by Crippen LogP contribution is 2.43. The van der Waals surface area contributed by atoms with E-state index in [1.807, 2.05) is 13.8 Å². The van der Waals surface area contributed by atoms with Gasteiger partial charge in [-0.3, -0.25) is 19.0 Å². The second kappa shape index (κ2) is 12.5. The molecule has 0 aromatic heterocycles. The highest BCUT2D eigenvalue weighted by Gasteiger charge is 2.06. The molecule has 0 bridgehead atoms. The van der Waals surface area contributed by atoms with Crippen LogP contribution in [-0.4, -0.2) is 22.0 Å². The molecule has 0 radical (unpaired) electrons. The quantitative estimate of drug-likeness (QED) is 0.402. The molecule has 0 heterocycles. The molecule has 0 atom stereocenters. The van der Waals surface area contributed by atoms with Gasteiger partial charge in [0.2, 0.25) is 0 Å². The average Bonchev–Trinajstić information content (AvgIpc) is 2.29. The van der Waals surface area contributed by atoms with Gasteiger partial charge in [0.15, 0.2) is 0 Å². The standard InChI is InChI=1S/C6H12N2O2S6/c1-3-11-7-5(9)13-15-16-14-6(10)8-12-4-2/h3-4H2,1-2H3,(H,7,9)(H,8,10). The van der Waals surface area contributed by atoms with E-state index < -0.39 is 0 Å². The maximum Gasteiger partial charge on any atom is 0.300 e. The smallest absolute Gasteiger partial charge is 0.290 e. The minimum Gasteiger partial charge on any atom is -0.290 e. The summed E-state index contributed by atoms with van der Waals surface area (Å²) in [7, 11) is 4.72. The van der Waals surface area contributed by atoms with E-state index in [1.54, 1.807) is 0 Å². The van der Waals surface area contributed by atoms with E-state index in [9.17, 15) is 9.59 Å². The van der Waals surface area contributed by atoms with Crippen LogP contribution >= 0.6 is 65.1 Å². The van der Waals surface area contributed by atoms with E-state index in [1.165, 1.54) is 43.5 Å². The predicted octanol–water partition coefficient (Wildman–Crippen LogP) is 4.42. The fourth-order valence-electron chi connectivity index (χ4n) is 0.386. The van der Waals surface area contributed by atoms with Crippen LogP contribution in [0.4, 0.5) is 9.59 Å². The number of hydrogen-bond acceptors (Lipinski definition) is 8. The molecule has 0 saturated carbocycles. The number of hydrogen-bond donors (Lipinski definition) is 2. The van der Waals surface area contributed by atoms with Gasteiger partial charge in [0, 0.05) is 33.1 Å². The zero-order chi connectivity index (χ0) is 12.2. The third kappa shape index (κ3) is 11.5. The number of amides is 2. The molecule has 94 valence electrons. The van der Waals surface area contributed by atoms with E-state index >= 15 is 0 Å². The molecule has 0 aromatic rings. The lowest BCUT2D eigenvalue weighted by Gasteiger charge is -2.01. The van der Waals surface area contributed by atoms with Crippen molar-refractivity contribution < 1.29 is 9.59 Å². The van der Waals surface area contributed by atoms with Crippen LogP contribution < -0.4 is 9.44 Å². The first-order valence-electron chi connectivity index (χ1n) is 4.22. The summed E-state index contributed by atoms with van der Waals surface area (Å²) in [5, 5.41) is -0.207. The molecule has 0 aliphatic carbocycles. The summed E-state index contributed by atoms with van der Waals surface area (Å²) >= 11 is 2.72. The van der Waals surface area contributed by atoms with Crippen LogP contribution in [0.2, 0.25) is 0 Å². The SMILES string of the molecule is CCSNC(=O)SSSSC(=O)NSCC. The van der Waals surface area contributed by atoms with Crippen LogP contribution in [0.25, 0.3) is 0 Å². The molecular formula is C6H12N2O2S6. The Balaban J connectivity index is 3.31. The van der Waals surface area contributed by atoms with Crippen LogP contribution in [0.15, 0.2) is 0 Å². The number of nitrogens with one attached hydrogen (secondary N) is 2. The van der Waals surface area contributed by atoms with Gasteiger partial charge in [-0.2, -0.15) is 0 Å². The van der Waals surface area contributed by atoms with Crippen molar-refractivity contribution >= 4 is 75.6 Å². The molecule has 4 nitrogen and oxygen atoms in total. The van der Waals surface area contributed by atoms with Crippen molar-refractivity contribution in [3.63, 3.8) is 0 Å². The van der Waals surface area contributed by atoms with Crippen LogP contribution in [-0.2, 0) is 0 Å². The minimum absolute atomic E-state index is 0.103. The maximum atomic E-state index is 11.1. The van der Waals surface area contributed by atoms with Gasteiger partial charge in [0.05, 0.1) is 0 Å². The highest BCUT2D eigenvalue weighted by molar-refractivity contribution is 9.28. The first-order valence-corrected chi connectivity index (χ1v) is 11.0. The molecule has 0 saturated heterocycles. The summed E-state index contributed by atoms with van der Waals surface area (Å²) < 4.78 is 5.29. The van der Waals surface area contributed by atoms with Gasteiger partial charge in [-0.1, -0.05) is 37.7 Å². The topological polar surface area (TPSA) is 58.2 Å². The molecule has 0 spiro atoms. The van der Waals surface area contributed by atoms with Gasteiger partial charge < -0.3 is 0 Å². The lowest BCUT2D eigenvalue weighted by Crippen LogP contribution is -2.08. The molecule has 0 aliphatic rings. The van der Waals surface area contributed by atoms with E-state index in [0.717, 1.165) is 33.1 Å². The van der Waals surface area contributed by atoms with Crippen LogP contribution in [0.1, 0.15) is 13.8 Å². The van der Waals surface area contributed by atoms with Gasteiger partial charge in [-0.15, -0.1) is 0 Å². The molecule has 0 aliphatic heterocycles. The molecule has 2 amide bonds. The highest BCUT2D eigenvalue weighted by atomic mass is 33.7. The van der Waals surface area contributed by atoms with Crippen molar-refractivity contribution in [2.75, 3.05) is 11.5 Å². The first-order chi connectivity index (χ1) is 7.70. The molecule has 2 N–H and O–H groups in total. The average molecular weight is 337 g/mol. The van der Waals surface area contributed by atoms with Crippen LogP contribution in [0.3, 0.4) is 0 Å². The number of carbonyl (C=O) groups excluding carboxylic acids is 2. The largest absolute Gasteiger partial charge is 0.300 e. The van der Waals surface area contributed by atoms with Gasteiger partial charge in [0.1, 0.15) is 0 Å². The Hall–Kier alpha value is 1.04. The first kappa shape index (κ1) is 17.0. The zero-order valence-electron chi connectivity index (χ0n) is 8.68. The Morgan fingerprint density at radius 2 is 1.25 bits per heavy atom. The van der Waals surface area contributed by atoms with Crippen molar-refractivity contribution in [3.05, 3.63) is 0 Å². The summed E-state index contributed by atoms with van der Waals surface area (Å²) in [6, 6.07) is 0. The summed E-state index contributed by atoms with van der Waals surface area (Å²) in [5.74, 6) is 1.69.